The van der Waals surface area contributed by atoms with Gasteiger partial charge in [-0.15, -0.1) is 0 Å². The number of unbranched alkanes of at least 4 members (excludes halogenated alkanes) is 2. The van der Waals surface area contributed by atoms with Gasteiger partial charge in [-0.3, -0.25) is 15.1 Å². The molecule has 2 aromatic carbocycles. The van der Waals surface area contributed by atoms with Gasteiger partial charge in [-0.25, -0.2) is 4.79 Å². The van der Waals surface area contributed by atoms with Gasteiger partial charge in [0.05, 0.1) is 5.56 Å². The third kappa shape index (κ3) is 5.95. The van der Waals surface area contributed by atoms with E-state index in [0.717, 1.165) is 37.7 Å². The molecule has 1 atom stereocenters. The van der Waals surface area contributed by atoms with Gasteiger partial charge in [0.2, 0.25) is 0 Å². The lowest BCUT2D eigenvalue weighted by Crippen LogP contribution is -2.37. The van der Waals surface area contributed by atoms with Crippen LogP contribution in [-0.2, 0) is 20.4 Å². The zero-order valence-electron chi connectivity index (χ0n) is 21.9. The fourth-order valence-corrected chi connectivity index (χ4v) is 4.77. The van der Waals surface area contributed by atoms with Crippen LogP contribution in [-0.4, -0.2) is 34.3 Å². The normalized spacial score (nSPS) is 16.5. The van der Waals surface area contributed by atoms with Crippen molar-refractivity contribution in [1.29, 1.82) is 5.41 Å². The SMILES string of the molecule is CCCCCC(O)OC(=N)C(=O)N(c1ccc(C(=O)O)cc1)c1ccc2c(c1)C(C)(C)CCC2(C)C. The van der Waals surface area contributed by atoms with Crippen molar-refractivity contribution >= 4 is 29.1 Å². The minimum absolute atomic E-state index is 0.000222. The highest BCUT2D eigenvalue weighted by atomic mass is 16.6. The van der Waals surface area contributed by atoms with E-state index in [1.165, 1.54) is 22.6 Å². The van der Waals surface area contributed by atoms with Crippen molar-refractivity contribution in [3.05, 3.63) is 59.2 Å². The number of carboxylic acids is 1. The topological polar surface area (TPSA) is 111 Å². The van der Waals surface area contributed by atoms with Crippen LogP contribution in [0.4, 0.5) is 11.4 Å². The van der Waals surface area contributed by atoms with Gasteiger partial charge in [-0.1, -0.05) is 53.5 Å². The number of hydrogen-bond acceptors (Lipinski definition) is 5. The van der Waals surface area contributed by atoms with E-state index in [-0.39, 0.29) is 16.4 Å². The number of ether oxygens (including phenoxy) is 1. The van der Waals surface area contributed by atoms with Gasteiger partial charge < -0.3 is 14.9 Å². The lowest BCUT2D eigenvalue weighted by atomic mass is 9.63. The number of hydrogen-bond donors (Lipinski definition) is 3. The van der Waals surface area contributed by atoms with Crippen molar-refractivity contribution in [2.75, 3.05) is 4.90 Å². The molecule has 3 N–H and O–H groups in total. The van der Waals surface area contributed by atoms with Gasteiger partial charge in [0.15, 0.2) is 6.29 Å². The van der Waals surface area contributed by atoms with E-state index in [0.29, 0.717) is 17.8 Å². The number of aliphatic hydroxyl groups is 1. The van der Waals surface area contributed by atoms with Crippen LogP contribution >= 0.6 is 0 Å². The molecule has 0 aromatic heterocycles. The van der Waals surface area contributed by atoms with E-state index < -0.39 is 24.1 Å². The van der Waals surface area contributed by atoms with Crippen LogP contribution in [0.25, 0.3) is 0 Å². The Balaban J connectivity index is 2.02. The van der Waals surface area contributed by atoms with E-state index in [2.05, 4.69) is 27.7 Å². The average molecular weight is 495 g/mol. The summed E-state index contributed by atoms with van der Waals surface area (Å²) in [6.07, 6.45) is 3.78. The summed E-state index contributed by atoms with van der Waals surface area (Å²) in [5.41, 5.74) is 3.34. The average Bonchev–Trinajstić information content (AvgIpc) is 2.82. The Kier molecular flexibility index (Phi) is 8.24. The van der Waals surface area contributed by atoms with Crippen molar-refractivity contribution in [3.8, 4) is 0 Å². The van der Waals surface area contributed by atoms with Gasteiger partial charge in [0.1, 0.15) is 0 Å². The van der Waals surface area contributed by atoms with Gasteiger partial charge >= 0.3 is 11.9 Å². The van der Waals surface area contributed by atoms with Gasteiger partial charge in [-0.05, 0) is 77.6 Å². The van der Waals surface area contributed by atoms with E-state index in [9.17, 15) is 19.8 Å². The van der Waals surface area contributed by atoms with Crippen molar-refractivity contribution in [2.45, 2.75) is 90.3 Å². The summed E-state index contributed by atoms with van der Waals surface area (Å²) in [5.74, 6) is -2.47. The molecule has 0 radical (unpaired) electrons. The zero-order valence-corrected chi connectivity index (χ0v) is 21.9. The summed E-state index contributed by atoms with van der Waals surface area (Å²) in [6, 6.07) is 11.8. The van der Waals surface area contributed by atoms with Crippen LogP contribution in [0.15, 0.2) is 42.5 Å². The smallest absolute Gasteiger partial charge is 0.335 e. The van der Waals surface area contributed by atoms with Crippen LogP contribution in [0.1, 0.15) is 94.6 Å². The number of rotatable bonds is 8. The monoisotopic (exact) mass is 494 g/mol. The number of anilines is 2. The Morgan fingerprint density at radius 1 is 0.972 bits per heavy atom. The molecule has 36 heavy (non-hydrogen) atoms. The number of carbonyl (C=O) groups excluding carboxylic acids is 1. The highest BCUT2D eigenvalue weighted by Crippen LogP contribution is 2.47. The maximum absolute atomic E-state index is 13.5. The molecule has 1 aliphatic rings. The molecule has 1 aliphatic carbocycles. The summed E-state index contributed by atoms with van der Waals surface area (Å²) in [6.45, 7) is 10.9. The minimum Gasteiger partial charge on any atom is -0.478 e. The predicted octanol–water partition coefficient (Wildman–Crippen LogP) is 6.29. The summed E-state index contributed by atoms with van der Waals surface area (Å²) >= 11 is 0. The molecule has 0 aliphatic heterocycles. The maximum atomic E-state index is 13.5. The summed E-state index contributed by atoms with van der Waals surface area (Å²) < 4.78 is 5.28. The number of nitrogens with one attached hydrogen (secondary N) is 1. The molecular weight excluding hydrogens is 456 g/mol. The van der Waals surface area contributed by atoms with E-state index in [1.807, 2.05) is 25.1 Å². The van der Waals surface area contributed by atoms with Crippen LogP contribution < -0.4 is 4.90 Å². The van der Waals surface area contributed by atoms with E-state index >= 15 is 0 Å². The number of carbonyl (C=O) groups is 2. The second kappa shape index (κ2) is 10.8. The van der Waals surface area contributed by atoms with Crippen molar-refractivity contribution in [1.82, 2.24) is 0 Å². The molecule has 1 amide bonds. The Morgan fingerprint density at radius 2 is 1.56 bits per heavy atom. The van der Waals surface area contributed by atoms with E-state index in [1.54, 1.807) is 12.1 Å². The second-order valence-corrected chi connectivity index (χ2v) is 10.9. The molecular formula is C29H38N2O5. The summed E-state index contributed by atoms with van der Waals surface area (Å²) in [7, 11) is 0. The molecule has 0 saturated heterocycles. The fourth-order valence-electron chi connectivity index (χ4n) is 4.77. The molecule has 0 bridgehead atoms. The predicted molar refractivity (Wildman–Crippen MR) is 141 cm³/mol. The van der Waals surface area contributed by atoms with Crippen molar-refractivity contribution in [2.24, 2.45) is 0 Å². The maximum Gasteiger partial charge on any atom is 0.335 e. The van der Waals surface area contributed by atoms with Crippen molar-refractivity contribution in [3.63, 3.8) is 0 Å². The Bertz CT molecular complexity index is 1120. The first-order valence-electron chi connectivity index (χ1n) is 12.6. The first kappa shape index (κ1) is 27.4. The highest BCUT2D eigenvalue weighted by Gasteiger charge is 2.38. The fraction of sp³-hybridized carbons (Fsp3) is 0.483. The molecule has 7 nitrogen and oxygen atoms in total. The molecule has 2 aromatic rings. The summed E-state index contributed by atoms with van der Waals surface area (Å²) in [4.78, 5) is 26.2. The molecule has 1 unspecified atom stereocenters. The van der Waals surface area contributed by atoms with Gasteiger partial charge in [-0.2, -0.15) is 0 Å². The van der Waals surface area contributed by atoms with Crippen LogP contribution in [0.5, 0.6) is 0 Å². The van der Waals surface area contributed by atoms with Gasteiger partial charge in [0, 0.05) is 17.8 Å². The summed E-state index contributed by atoms with van der Waals surface area (Å²) in [5, 5.41) is 27.8. The van der Waals surface area contributed by atoms with Crippen LogP contribution in [0, 0.1) is 5.41 Å². The largest absolute Gasteiger partial charge is 0.478 e. The third-order valence-corrected chi connectivity index (χ3v) is 7.17. The number of nitrogens with zero attached hydrogens (tertiary/aromatic N) is 1. The Morgan fingerprint density at radius 3 is 2.14 bits per heavy atom. The standard InChI is InChI=1S/C29H38N2O5/c1-6-7-8-9-24(32)36-25(30)26(33)31(20-12-10-19(11-13-20)27(34)35)21-14-15-22-23(18-21)29(4,5)17-16-28(22,2)3/h10-15,18,24,30,32H,6-9,16-17H2,1-5H3,(H,34,35). The molecule has 0 spiro atoms. The lowest BCUT2D eigenvalue weighted by Gasteiger charge is -2.42. The molecule has 0 fully saturated rings. The number of benzene rings is 2. The molecule has 194 valence electrons. The number of fused-ring (bicyclic) bond motifs is 1. The van der Waals surface area contributed by atoms with Crippen LogP contribution in [0.2, 0.25) is 0 Å². The Hall–Kier alpha value is -3.19. The third-order valence-electron chi connectivity index (χ3n) is 7.17. The molecule has 3 rings (SSSR count). The van der Waals surface area contributed by atoms with Gasteiger partial charge in [0.25, 0.3) is 5.90 Å². The first-order valence-corrected chi connectivity index (χ1v) is 12.6. The van der Waals surface area contributed by atoms with Crippen molar-refractivity contribution < 1.29 is 24.5 Å². The number of carboxylic acid groups (broad SMARTS) is 1. The first-order chi connectivity index (χ1) is 16.9. The lowest BCUT2D eigenvalue weighted by molar-refractivity contribution is -0.116. The minimum atomic E-state index is -1.24. The van der Waals surface area contributed by atoms with Crippen LogP contribution in [0.3, 0.4) is 0 Å². The number of amides is 1. The zero-order chi connectivity index (χ0) is 26.7. The Labute approximate surface area is 213 Å². The second-order valence-electron chi connectivity index (χ2n) is 10.9. The number of aliphatic hydroxyl groups excluding tert-OH is 1. The molecule has 0 heterocycles. The quantitative estimate of drug-likeness (QED) is 0.173. The number of aromatic carboxylic acids is 1. The molecule has 7 heteroatoms. The van der Waals surface area contributed by atoms with E-state index in [4.69, 9.17) is 10.1 Å². The molecule has 0 saturated carbocycles. The highest BCUT2D eigenvalue weighted by molar-refractivity contribution is 6.41.